The zero-order chi connectivity index (χ0) is 16.3. The highest BCUT2D eigenvalue weighted by Crippen LogP contribution is 2.24. The zero-order valence-corrected chi connectivity index (χ0v) is 15.0. The third kappa shape index (κ3) is 5.46. The van der Waals surface area contributed by atoms with Crippen molar-refractivity contribution in [1.29, 1.82) is 0 Å². The van der Waals surface area contributed by atoms with Gasteiger partial charge in [-0.1, -0.05) is 0 Å². The fourth-order valence-electron chi connectivity index (χ4n) is 2.67. The molecule has 1 aromatic carbocycles. The van der Waals surface area contributed by atoms with Gasteiger partial charge in [0.25, 0.3) is 0 Å². The number of piperidine rings is 1. The van der Waals surface area contributed by atoms with Crippen molar-refractivity contribution in [2.24, 2.45) is 11.1 Å². The van der Waals surface area contributed by atoms with E-state index in [1.165, 1.54) is 12.1 Å². The summed E-state index contributed by atoms with van der Waals surface area (Å²) in [4.78, 5) is 12.2. The Hall–Kier alpha value is -1.15. The molecule has 6 nitrogen and oxygen atoms in total. The van der Waals surface area contributed by atoms with Crippen LogP contribution in [0.3, 0.4) is 0 Å². The molecule has 0 bridgehead atoms. The molecule has 2 rings (SSSR count). The van der Waals surface area contributed by atoms with Crippen LogP contribution in [0.25, 0.3) is 0 Å². The standard InChI is InChI=1S/C15H23N3O3S.ClH/c1-10-7-13(22(16,20)21)9-14(11(10)2)18-15(19)8-12-3-5-17-6-4-12;/h7,9,12,17H,3-6,8H2,1-2H3,(H,18,19)(H2,16,20,21);1H. The minimum absolute atomic E-state index is 0. The van der Waals surface area contributed by atoms with E-state index in [0.717, 1.165) is 37.1 Å². The molecule has 1 aliphatic rings. The molecule has 4 N–H and O–H groups in total. The van der Waals surface area contributed by atoms with Crippen LogP contribution in [0.1, 0.15) is 30.4 Å². The Morgan fingerprint density at radius 3 is 2.48 bits per heavy atom. The fraction of sp³-hybridized carbons (Fsp3) is 0.533. The van der Waals surface area contributed by atoms with Crippen molar-refractivity contribution < 1.29 is 13.2 Å². The SMILES string of the molecule is Cc1cc(S(N)(=O)=O)cc(NC(=O)CC2CCNCC2)c1C.Cl. The van der Waals surface area contributed by atoms with Crippen molar-refractivity contribution in [3.05, 3.63) is 23.3 Å². The van der Waals surface area contributed by atoms with E-state index in [1.54, 1.807) is 6.92 Å². The van der Waals surface area contributed by atoms with E-state index in [-0.39, 0.29) is 23.2 Å². The van der Waals surface area contributed by atoms with Crippen LogP contribution >= 0.6 is 12.4 Å². The molecular weight excluding hydrogens is 338 g/mol. The second kappa shape index (κ2) is 8.10. The number of hydrogen-bond donors (Lipinski definition) is 3. The Bertz CT molecular complexity index is 671. The summed E-state index contributed by atoms with van der Waals surface area (Å²) in [5.74, 6) is 0.296. The van der Waals surface area contributed by atoms with Gasteiger partial charge in [0.2, 0.25) is 15.9 Å². The molecule has 1 aliphatic heterocycles. The van der Waals surface area contributed by atoms with Crippen LogP contribution in [0.4, 0.5) is 5.69 Å². The summed E-state index contributed by atoms with van der Waals surface area (Å²) in [5, 5.41) is 11.3. The van der Waals surface area contributed by atoms with E-state index in [2.05, 4.69) is 10.6 Å². The summed E-state index contributed by atoms with van der Waals surface area (Å²) < 4.78 is 23.0. The Morgan fingerprint density at radius 2 is 1.91 bits per heavy atom. The number of hydrogen-bond acceptors (Lipinski definition) is 4. The molecule has 1 fully saturated rings. The summed E-state index contributed by atoms with van der Waals surface area (Å²) >= 11 is 0. The second-order valence-electron chi connectivity index (χ2n) is 5.90. The first-order valence-corrected chi connectivity index (χ1v) is 8.96. The summed E-state index contributed by atoms with van der Waals surface area (Å²) in [6, 6.07) is 2.95. The quantitative estimate of drug-likeness (QED) is 0.759. The van der Waals surface area contributed by atoms with Crippen LogP contribution in [0.5, 0.6) is 0 Å². The molecule has 23 heavy (non-hydrogen) atoms. The van der Waals surface area contributed by atoms with Crippen molar-refractivity contribution >= 4 is 34.0 Å². The van der Waals surface area contributed by atoms with Gasteiger partial charge in [-0.05, 0) is 69.0 Å². The number of anilines is 1. The van der Waals surface area contributed by atoms with Gasteiger partial charge in [0.05, 0.1) is 4.90 Å². The van der Waals surface area contributed by atoms with Crippen molar-refractivity contribution in [2.75, 3.05) is 18.4 Å². The highest BCUT2D eigenvalue weighted by Gasteiger charge is 2.18. The Kier molecular flexibility index (Phi) is 7.01. The first-order valence-electron chi connectivity index (χ1n) is 7.42. The van der Waals surface area contributed by atoms with E-state index >= 15 is 0 Å². The third-order valence-corrected chi connectivity index (χ3v) is 5.07. The molecule has 1 amide bonds. The molecule has 1 aromatic rings. The van der Waals surface area contributed by atoms with Gasteiger partial charge in [-0.2, -0.15) is 0 Å². The first-order chi connectivity index (χ1) is 10.3. The Balaban J connectivity index is 0.00000264. The highest BCUT2D eigenvalue weighted by atomic mass is 35.5. The van der Waals surface area contributed by atoms with Crippen molar-refractivity contribution in [3.8, 4) is 0 Å². The molecule has 0 unspecified atom stereocenters. The lowest BCUT2D eigenvalue weighted by molar-refractivity contribution is -0.117. The number of benzene rings is 1. The van der Waals surface area contributed by atoms with E-state index in [4.69, 9.17) is 5.14 Å². The van der Waals surface area contributed by atoms with Crippen molar-refractivity contribution in [1.82, 2.24) is 5.32 Å². The van der Waals surface area contributed by atoms with Crippen LogP contribution in [0, 0.1) is 19.8 Å². The molecule has 0 aromatic heterocycles. The fourth-order valence-corrected chi connectivity index (χ4v) is 3.29. The molecule has 0 atom stereocenters. The van der Waals surface area contributed by atoms with Crippen molar-refractivity contribution in [2.45, 2.75) is 38.0 Å². The van der Waals surface area contributed by atoms with Gasteiger partial charge in [-0.25, -0.2) is 13.6 Å². The summed E-state index contributed by atoms with van der Waals surface area (Å²) in [5.41, 5.74) is 2.15. The normalized spacial score (nSPS) is 15.8. The highest BCUT2D eigenvalue weighted by molar-refractivity contribution is 7.89. The third-order valence-electron chi connectivity index (χ3n) is 4.18. The number of nitrogens with two attached hydrogens (primary N) is 1. The van der Waals surface area contributed by atoms with Gasteiger partial charge >= 0.3 is 0 Å². The van der Waals surface area contributed by atoms with Crippen LogP contribution < -0.4 is 15.8 Å². The molecule has 0 saturated carbocycles. The number of aryl methyl sites for hydroxylation is 1. The largest absolute Gasteiger partial charge is 0.326 e. The average molecular weight is 362 g/mol. The van der Waals surface area contributed by atoms with E-state index < -0.39 is 10.0 Å². The molecule has 1 heterocycles. The number of carbonyl (C=O) groups is 1. The maximum absolute atomic E-state index is 12.2. The molecule has 0 spiro atoms. The lowest BCUT2D eigenvalue weighted by Gasteiger charge is -2.22. The first kappa shape index (κ1) is 19.9. The molecule has 1 saturated heterocycles. The number of amides is 1. The molecular formula is C15H24ClN3O3S. The lowest BCUT2D eigenvalue weighted by atomic mass is 9.94. The number of nitrogens with one attached hydrogen (secondary N) is 2. The minimum atomic E-state index is -3.79. The van der Waals surface area contributed by atoms with Crippen LogP contribution in [0.15, 0.2) is 17.0 Å². The van der Waals surface area contributed by atoms with Gasteiger partial charge in [0, 0.05) is 12.1 Å². The monoisotopic (exact) mass is 361 g/mol. The topological polar surface area (TPSA) is 101 Å². The Morgan fingerprint density at radius 1 is 1.30 bits per heavy atom. The Labute approximate surface area is 143 Å². The van der Waals surface area contributed by atoms with Gasteiger partial charge < -0.3 is 10.6 Å². The zero-order valence-electron chi connectivity index (χ0n) is 13.4. The number of sulfonamides is 1. The molecule has 130 valence electrons. The van der Waals surface area contributed by atoms with E-state index in [0.29, 0.717) is 18.0 Å². The summed E-state index contributed by atoms with van der Waals surface area (Å²) in [7, 11) is -3.79. The van der Waals surface area contributed by atoms with Crippen molar-refractivity contribution in [3.63, 3.8) is 0 Å². The number of rotatable bonds is 4. The summed E-state index contributed by atoms with van der Waals surface area (Å²) in [6.45, 7) is 5.53. The van der Waals surface area contributed by atoms with Crippen LogP contribution in [-0.2, 0) is 14.8 Å². The minimum Gasteiger partial charge on any atom is -0.326 e. The molecule has 8 heteroatoms. The van der Waals surface area contributed by atoms with Gasteiger partial charge in [-0.3, -0.25) is 4.79 Å². The lowest BCUT2D eigenvalue weighted by Crippen LogP contribution is -2.30. The molecule has 0 radical (unpaired) electrons. The van der Waals surface area contributed by atoms with Crippen LogP contribution in [-0.4, -0.2) is 27.4 Å². The smallest absolute Gasteiger partial charge is 0.238 e. The predicted octanol–water partition coefficient (Wildman–Crippen LogP) is 1.70. The number of halogens is 1. The average Bonchev–Trinajstić information content (AvgIpc) is 2.43. The summed E-state index contributed by atoms with van der Waals surface area (Å²) in [6.07, 6.45) is 2.44. The van der Waals surface area contributed by atoms with Crippen LogP contribution in [0.2, 0.25) is 0 Å². The van der Waals surface area contributed by atoms with E-state index in [1.807, 2.05) is 6.92 Å². The number of primary sulfonamides is 1. The molecule has 0 aliphatic carbocycles. The predicted molar refractivity (Wildman–Crippen MR) is 93.4 cm³/mol. The van der Waals surface area contributed by atoms with Gasteiger partial charge in [0.15, 0.2) is 0 Å². The maximum Gasteiger partial charge on any atom is 0.238 e. The number of carbonyl (C=O) groups excluding carboxylic acids is 1. The van der Waals surface area contributed by atoms with Gasteiger partial charge in [0.1, 0.15) is 0 Å². The second-order valence-corrected chi connectivity index (χ2v) is 7.46. The van der Waals surface area contributed by atoms with E-state index in [9.17, 15) is 13.2 Å². The maximum atomic E-state index is 12.2. The van der Waals surface area contributed by atoms with Gasteiger partial charge in [-0.15, -0.1) is 12.4 Å².